The molecular weight excluding hydrogens is 599 g/mol. The van der Waals surface area contributed by atoms with Crippen LogP contribution in [-0.4, -0.2) is 59.9 Å². The topological polar surface area (TPSA) is 136 Å². The Morgan fingerprint density at radius 3 is 2.42 bits per heavy atom. The van der Waals surface area contributed by atoms with Gasteiger partial charge < -0.3 is 14.9 Å². The van der Waals surface area contributed by atoms with E-state index in [1.807, 2.05) is 52.4 Å². The Labute approximate surface area is 305 Å². The number of hydrogen-bond donors (Lipinski definition) is 3. The molecule has 1 aliphatic carbocycles. The van der Waals surface area contributed by atoms with Crippen LogP contribution in [0.5, 0.6) is 0 Å². The average molecular weight is 640 g/mol. The van der Waals surface area contributed by atoms with Crippen molar-refractivity contribution in [2.45, 2.75) is 96.5 Å². The largest absolute Gasteiger partial charge is 1.00 e. The van der Waals surface area contributed by atoms with Gasteiger partial charge in [-0.2, -0.15) is 10.1 Å². The third kappa shape index (κ3) is 7.34. The summed E-state index contributed by atoms with van der Waals surface area (Å²) in [7, 11) is 0. The molecule has 0 saturated heterocycles. The van der Waals surface area contributed by atoms with Crippen molar-refractivity contribution in [2.75, 3.05) is 0 Å². The van der Waals surface area contributed by atoms with Crippen LogP contribution in [0.1, 0.15) is 81.3 Å². The van der Waals surface area contributed by atoms with Gasteiger partial charge >= 0.3 is 51.4 Å². The molecule has 1 fully saturated rings. The van der Waals surface area contributed by atoms with Crippen molar-refractivity contribution in [3.8, 4) is 11.1 Å². The molecule has 0 radical (unpaired) electrons. The predicted octanol–water partition coefficient (Wildman–Crippen LogP) is 0.932. The van der Waals surface area contributed by atoms with Gasteiger partial charge in [-0.3, -0.25) is 9.36 Å². The predicted molar refractivity (Wildman–Crippen MR) is 166 cm³/mol. The minimum Gasteiger partial charge on any atom is -0.391 e. The van der Waals surface area contributed by atoms with Crippen LogP contribution in [0.3, 0.4) is 0 Å². The normalized spacial score (nSPS) is 21.2. The number of hydrogen-bond acceptors (Lipinski definition) is 9. The summed E-state index contributed by atoms with van der Waals surface area (Å²) >= 11 is 0. The van der Waals surface area contributed by atoms with Crippen LogP contribution in [0.2, 0.25) is 0 Å². The van der Waals surface area contributed by atoms with Crippen molar-refractivity contribution in [3.05, 3.63) is 87.6 Å². The second-order valence-electron chi connectivity index (χ2n) is 11.8. The van der Waals surface area contributed by atoms with Crippen LogP contribution in [-0.2, 0) is 22.4 Å². The third-order valence-corrected chi connectivity index (χ3v) is 8.74. The molecule has 12 heteroatoms. The van der Waals surface area contributed by atoms with Gasteiger partial charge in [0.05, 0.1) is 24.0 Å². The van der Waals surface area contributed by atoms with Crippen LogP contribution >= 0.6 is 0 Å². The van der Waals surface area contributed by atoms with Crippen LogP contribution in [0, 0.1) is 0 Å². The molecule has 3 unspecified atom stereocenters. The zero-order valence-electron chi connectivity index (χ0n) is 26.4. The van der Waals surface area contributed by atoms with E-state index in [4.69, 9.17) is 9.57 Å². The molecule has 232 valence electrons. The van der Waals surface area contributed by atoms with E-state index >= 15 is 0 Å². The van der Waals surface area contributed by atoms with E-state index in [1.165, 1.54) is 6.33 Å². The zero-order valence-corrected chi connectivity index (χ0v) is 29.5. The van der Waals surface area contributed by atoms with Crippen LogP contribution in [0.15, 0.2) is 64.6 Å². The number of rotatable bonds is 10. The smallest absolute Gasteiger partial charge is 0.391 e. The number of nitrogens with zero attached hydrogens (tertiary/aromatic N) is 5. The summed E-state index contributed by atoms with van der Waals surface area (Å²) in [5, 5.41) is 24.1. The number of fused-ring (bicyclic) bond motifs is 1. The molecular formula is C33H40KN6O5+. The van der Waals surface area contributed by atoms with Gasteiger partial charge in [0.1, 0.15) is 6.33 Å². The molecule has 3 atom stereocenters. The standard InChI is InChI=1S/C33H40N6O5.K/c1-4-7-29-28(18-22-10-12-23(13-11-22)26-8-5-6-9-27(26)30-36-33(42)44-37-30)31(41)38(32-34-19-35-39(29)32)24-14-16-25(17-15-24)43-21(3)20(2)40;/h5-6,8-13,19-21,24-25,33,40,42H,4,7,14-18H2,1-3H3,(H,36,37);/q;+1. The molecule has 2 aromatic carbocycles. The fourth-order valence-electron chi connectivity index (χ4n) is 6.28. The number of aliphatic hydroxyl groups excluding tert-OH is 2. The summed E-state index contributed by atoms with van der Waals surface area (Å²) < 4.78 is 9.79. The molecule has 2 aromatic heterocycles. The Hall–Kier alpha value is -2.26. The molecule has 0 bridgehead atoms. The fourth-order valence-corrected chi connectivity index (χ4v) is 6.28. The van der Waals surface area contributed by atoms with E-state index < -0.39 is 12.5 Å². The number of aryl methyl sites for hydroxylation is 1. The SMILES string of the molecule is CCCc1c(Cc2ccc(-c3ccccc3C3=NC(O)ON3)cc2)c(=O)n(C2CCC(OC(C)C(C)O)CC2)c2ncnn12.[K+]. The van der Waals surface area contributed by atoms with Crippen LogP contribution in [0.4, 0.5) is 0 Å². The minimum absolute atomic E-state index is 0. The number of ether oxygens (including phenoxy) is 1. The minimum atomic E-state index is -1.23. The van der Waals surface area contributed by atoms with E-state index in [2.05, 4.69) is 39.6 Å². The Morgan fingerprint density at radius 2 is 1.78 bits per heavy atom. The maximum Gasteiger partial charge on any atom is 1.00 e. The Balaban J connectivity index is 0.00000400. The molecule has 45 heavy (non-hydrogen) atoms. The molecule has 0 spiro atoms. The van der Waals surface area contributed by atoms with Gasteiger partial charge in [-0.25, -0.2) is 19.8 Å². The summed E-state index contributed by atoms with van der Waals surface area (Å²) in [6, 6.07) is 16.0. The number of benzene rings is 2. The van der Waals surface area contributed by atoms with Gasteiger partial charge in [0.25, 0.3) is 12.0 Å². The van der Waals surface area contributed by atoms with Crippen molar-refractivity contribution in [1.29, 1.82) is 0 Å². The Bertz CT molecular complexity index is 1690. The number of amidine groups is 1. The second-order valence-corrected chi connectivity index (χ2v) is 11.8. The number of aliphatic hydroxyl groups is 2. The molecule has 1 saturated carbocycles. The van der Waals surface area contributed by atoms with Crippen molar-refractivity contribution in [3.63, 3.8) is 0 Å². The number of nitrogens with one attached hydrogen (secondary N) is 1. The maximum atomic E-state index is 14.3. The van der Waals surface area contributed by atoms with Crippen LogP contribution in [0.25, 0.3) is 16.9 Å². The molecule has 0 amide bonds. The van der Waals surface area contributed by atoms with E-state index in [-0.39, 0.29) is 75.2 Å². The van der Waals surface area contributed by atoms with Gasteiger partial charge in [0, 0.05) is 23.6 Å². The summed E-state index contributed by atoms with van der Waals surface area (Å²) in [5.41, 5.74) is 8.11. The molecule has 2 aliphatic rings. The Kier molecular flexibility index (Phi) is 11.4. The van der Waals surface area contributed by atoms with Gasteiger partial charge in [-0.15, -0.1) is 0 Å². The average Bonchev–Trinajstić information content (AvgIpc) is 3.69. The number of hydroxylamine groups is 1. The third-order valence-electron chi connectivity index (χ3n) is 8.74. The fraction of sp³-hybridized carbons (Fsp3) is 0.455. The van der Waals surface area contributed by atoms with Crippen LogP contribution < -0.4 is 62.4 Å². The zero-order chi connectivity index (χ0) is 30.8. The first kappa shape index (κ1) is 34.1. The summed E-state index contributed by atoms with van der Waals surface area (Å²) in [6.07, 6.45) is 4.92. The van der Waals surface area contributed by atoms with Gasteiger partial charge in [0.15, 0.2) is 5.84 Å². The Morgan fingerprint density at radius 1 is 1.07 bits per heavy atom. The molecule has 4 aromatic rings. The first-order valence-electron chi connectivity index (χ1n) is 15.5. The first-order chi connectivity index (χ1) is 21.3. The van der Waals surface area contributed by atoms with Crippen molar-refractivity contribution < 1.29 is 71.2 Å². The summed E-state index contributed by atoms with van der Waals surface area (Å²) in [6.45, 7) is 5.74. The van der Waals surface area contributed by atoms with Gasteiger partial charge in [-0.05, 0) is 62.6 Å². The number of aromatic nitrogens is 4. The summed E-state index contributed by atoms with van der Waals surface area (Å²) in [5.74, 6) is 1.06. The second kappa shape index (κ2) is 15.1. The molecule has 6 rings (SSSR count). The molecule has 1 aliphatic heterocycles. The van der Waals surface area contributed by atoms with Crippen molar-refractivity contribution in [2.24, 2.45) is 4.99 Å². The molecule has 3 heterocycles. The monoisotopic (exact) mass is 639 g/mol. The van der Waals surface area contributed by atoms with E-state index in [9.17, 15) is 15.0 Å². The van der Waals surface area contributed by atoms with Crippen molar-refractivity contribution in [1.82, 2.24) is 24.6 Å². The quantitative estimate of drug-likeness (QED) is 0.218. The van der Waals surface area contributed by atoms with E-state index in [0.717, 1.165) is 72.0 Å². The van der Waals surface area contributed by atoms with Gasteiger partial charge in [-0.1, -0.05) is 61.9 Å². The number of aliphatic imine (C=N–C) groups is 1. The van der Waals surface area contributed by atoms with E-state index in [0.29, 0.717) is 18.0 Å². The van der Waals surface area contributed by atoms with E-state index in [1.54, 1.807) is 6.92 Å². The molecule has 3 N–H and O–H groups in total. The van der Waals surface area contributed by atoms with Gasteiger partial charge in [0.2, 0.25) is 5.78 Å². The summed E-state index contributed by atoms with van der Waals surface area (Å²) in [4.78, 5) is 27.9. The first-order valence-corrected chi connectivity index (χ1v) is 15.5. The van der Waals surface area contributed by atoms with Crippen molar-refractivity contribution >= 4 is 11.6 Å². The molecule has 11 nitrogen and oxygen atoms in total. The maximum absolute atomic E-state index is 14.3.